The zero-order valence-corrected chi connectivity index (χ0v) is 10.0. The molecule has 0 saturated carbocycles. The molecule has 0 radical (unpaired) electrons. The van der Waals surface area contributed by atoms with Gasteiger partial charge in [-0.3, -0.25) is 0 Å². The van der Waals surface area contributed by atoms with Gasteiger partial charge in [0.2, 0.25) is 0 Å². The zero-order valence-electron chi connectivity index (χ0n) is 10.0. The number of ether oxygens (including phenoxy) is 1. The van der Waals surface area contributed by atoms with Crippen LogP contribution in [-0.2, 0) is 6.42 Å². The van der Waals surface area contributed by atoms with Gasteiger partial charge >= 0.3 is 0 Å². The quantitative estimate of drug-likeness (QED) is 0.822. The van der Waals surface area contributed by atoms with Crippen molar-refractivity contribution in [2.24, 2.45) is 5.92 Å². The number of rotatable bonds is 4. The summed E-state index contributed by atoms with van der Waals surface area (Å²) in [5, 5.41) is 9.64. The van der Waals surface area contributed by atoms with E-state index in [1.165, 1.54) is 0 Å². The van der Waals surface area contributed by atoms with Crippen molar-refractivity contribution < 1.29 is 9.84 Å². The summed E-state index contributed by atoms with van der Waals surface area (Å²) in [6.45, 7) is 8.99. The smallest absolute Gasteiger partial charge is 0.122 e. The lowest BCUT2D eigenvalue weighted by Gasteiger charge is -2.14. The van der Waals surface area contributed by atoms with Crippen molar-refractivity contribution in [3.8, 4) is 11.5 Å². The first-order valence-electron chi connectivity index (χ1n) is 5.50. The molecule has 0 heterocycles. The molecule has 0 aliphatic heterocycles. The molecule has 0 unspecified atom stereocenters. The molecule has 0 saturated heterocycles. The maximum Gasteiger partial charge on any atom is 0.122 e. The molecule has 0 fully saturated rings. The SMILES string of the molecule is CCc1c(O)ccc(OCC(C)C)c1C. The summed E-state index contributed by atoms with van der Waals surface area (Å²) >= 11 is 0. The average molecular weight is 208 g/mol. The second kappa shape index (κ2) is 5.06. The van der Waals surface area contributed by atoms with Crippen LogP contribution in [-0.4, -0.2) is 11.7 Å². The molecule has 1 rings (SSSR count). The van der Waals surface area contributed by atoms with Crippen molar-refractivity contribution in [1.82, 2.24) is 0 Å². The minimum atomic E-state index is 0.367. The second-order valence-electron chi connectivity index (χ2n) is 4.24. The summed E-state index contributed by atoms with van der Waals surface area (Å²) in [4.78, 5) is 0. The van der Waals surface area contributed by atoms with Gasteiger partial charge in [0.15, 0.2) is 0 Å². The molecule has 0 spiro atoms. The van der Waals surface area contributed by atoms with Crippen molar-refractivity contribution in [3.63, 3.8) is 0 Å². The molecule has 84 valence electrons. The van der Waals surface area contributed by atoms with Gasteiger partial charge in [-0.15, -0.1) is 0 Å². The molecule has 1 N–H and O–H groups in total. The van der Waals surface area contributed by atoms with E-state index >= 15 is 0 Å². The van der Waals surface area contributed by atoms with Gasteiger partial charge in [-0.1, -0.05) is 20.8 Å². The minimum Gasteiger partial charge on any atom is -0.508 e. The highest BCUT2D eigenvalue weighted by Crippen LogP contribution is 2.29. The van der Waals surface area contributed by atoms with Crippen LogP contribution in [0.1, 0.15) is 31.9 Å². The highest BCUT2D eigenvalue weighted by molar-refractivity contribution is 5.47. The van der Waals surface area contributed by atoms with Crippen molar-refractivity contribution >= 4 is 0 Å². The maximum absolute atomic E-state index is 9.64. The largest absolute Gasteiger partial charge is 0.508 e. The Hall–Kier alpha value is -1.18. The summed E-state index contributed by atoms with van der Waals surface area (Å²) in [5.74, 6) is 1.77. The summed E-state index contributed by atoms with van der Waals surface area (Å²) in [6, 6.07) is 3.55. The van der Waals surface area contributed by atoms with E-state index in [9.17, 15) is 5.11 Å². The van der Waals surface area contributed by atoms with E-state index in [0.717, 1.165) is 29.9 Å². The molecule has 0 amide bonds. The predicted molar refractivity (Wildman–Crippen MR) is 62.6 cm³/mol. The van der Waals surface area contributed by atoms with E-state index in [1.54, 1.807) is 6.07 Å². The van der Waals surface area contributed by atoms with Crippen LogP contribution in [0.3, 0.4) is 0 Å². The molecule has 1 aromatic carbocycles. The number of phenols is 1. The summed E-state index contributed by atoms with van der Waals surface area (Å²) in [6.07, 6.45) is 0.830. The Morgan fingerprint density at radius 1 is 1.33 bits per heavy atom. The van der Waals surface area contributed by atoms with Crippen LogP contribution < -0.4 is 4.74 Å². The number of hydrogen-bond acceptors (Lipinski definition) is 2. The third-order valence-electron chi connectivity index (χ3n) is 2.45. The predicted octanol–water partition coefficient (Wildman–Crippen LogP) is 3.30. The first kappa shape index (κ1) is 11.9. The average Bonchev–Trinajstić information content (AvgIpc) is 2.17. The van der Waals surface area contributed by atoms with Crippen LogP contribution in [0.4, 0.5) is 0 Å². The number of benzene rings is 1. The molecule has 2 nitrogen and oxygen atoms in total. The maximum atomic E-state index is 9.64. The van der Waals surface area contributed by atoms with Crippen molar-refractivity contribution in [1.29, 1.82) is 0 Å². The molecule has 2 heteroatoms. The van der Waals surface area contributed by atoms with Crippen LogP contribution in [0.2, 0.25) is 0 Å². The summed E-state index contributed by atoms with van der Waals surface area (Å²) in [5.41, 5.74) is 2.04. The van der Waals surface area contributed by atoms with Gasteiger partial charge in [-0.25, -0.2) is 0 Å². The van der Waals surface area contributed by atoms with E-state index in [4.69, 9.17) is 4.74 Å². The van der Waals surface area contributed by atoms with Crippen LogP contribution >= 0.6 is 0 Å². The van der Waals surface area contributed by atoms with Crippen LogP contribution in [0.15, 0.2) is 12.1 Å². The lowest BCUT2D eigenvalue weighted by molar-refractivity contribution is 0.268. The molecular weight excluding hydrogens is 188 g/mol. The molecule has 0 aliphatic rings. The fourth-order valence-corrected chi connectivity index (χ4v) is 1.58. The zero-order chi connectivity index (χ0) is 11.4. The van der Waals surface area contributed by atoms with Crippen molar-refractivity contribution in [2.75, 3.05) is 6.61 Å². The van der Waals surface area contributed by atoms with Gasteiger partial charge in [0.25, 0.3) is 0 Å². The van der Waals surface area contributed by atoms with Gasteiger partial charge in [-0.2, -0.15) is 0 Å². The second-order valence-corrected chi connectivity index (χ2v) is 4.24. The van der Waals surface area contributed by atoms with E-state index in [-0.39, 0.29) is 0 Å². The van der Waals surface area contributed by atoms with E-state index in [1.807, 2.05) is 19.9 Å². The van der Waals surface area contributed by atoms with Crippen LogP contribution in [0.25, 0.3) is 0 Å². The third-order valence-corrected chi connectivity index (χ3v) is 2.45. The monoisotopic (exact) mass is 208 g/mol. The molecule has 0 atom stereocenters. The van der Waals surface area contributed by atoms with Crippen LogP contribution in [0.5, 0.6) is 11.5 Å². The normalized spacial score (nSPS) is 10.7. The van der Waals surface area contributed by atoms with E-state index in [0.29, 0.717) is 11.7 Å². The molecule has 0 bridgehead atoms. The molecule has 0 aliphatic carbocycles. The minimum absolute atomic E-state index is 0.367. The standard InChI is InChI=1S/C13H20O2/c1-5-11-10(4)13(7-6-12(11)14)15-8-9(2)3/h6-7,9,14H,5,8H2,1-4H3. The Kier molecular flexibility index (Phi) is 4.01. The summed E-state index contributed by atoms with van der Waals surface area (Å²) in [7, 11) is 0. The van der Waals surface area contributed by atoms with Gasteiger partial charge in [-0.05, 0) is 37.0 Å². The Labute approximate surface area is 91.9 Å². The molecule has 0 aromatic heterocycles. The van der Waals surface area contributed by atoms with Crippen molar-refractivity contribution in [2.45, 2.75) is 34.1 Å². The summed E-state index contributed by atoms with van der Waals surface area (Å²) < 4.78 is 5.68. The van der Waals surface area contributed by atoms with Gasteiger partial charge in [0.05, 0.1) is 6.61 Å². The van der Waals surface area contributed by atoms with E-state index in [2.05, 4.69) is 13.8 Å². The van der Waals surface area contributed by atoms with Gasteiger partial charge < -0.3 is 9.84 Å². The highest BCUT2D eigenvalue weighted by atomic mass is 16.5. The number of aromatic hydroxyl groups is 1. The number of phenolic OH excluding ortho intramolecular Hbond substituents is 1. The lowest BCUT2D eigenvalue weighted by atomic mass is 10.0. The molecular formula is C13H20O2. The van der Waals surface area contributed by atoms with Gasteiger partial charge in [0.1, 0.15) is 11.5 Å². The molecule has 15 heavy (non-hydrogen) atoms. The highest BCUT2D eigenvalue weighted by Gasteiger charge is 2.08. The van der Waals surface area contributed by atoms with Crippen molar-refractivity contribution in [3.05, 3.63) is 23.3 Å². The Bertz CT molecular complexity index is 330. The van der Waals surface area contributed by atoms with E-state index < -0.39 is 0 Å². The fraction of sp³-hybridized carbons (Fsp3) is 0.538. The van der Waals surface area contributed by atoms with Crippen LogP contribution in [0, 0.1) is 12.8 Å². The number of hydrogen-bond donors (Lipinski definition) is 1. The topological polar surface area (TPSA) is 29.5 Å². The first-order chi connectivity index (χ1) is 7.06. The third kappa shape index (κ3) is 2.88. The Morgan fingerprint density at radius 3 is 2.53 bits per heavy atom. The lowest BCUT2D eigenvalue weighted by Crippen LogP contribution is -2.06. The molecule has 1 aromatic rings. The first-order valence-corrected chi connectivity index (χ1v) is 5.50. The Morgan fingerprint density at radius 2 is 2.00 bits per heavy atom. The fourth-order valence-electron chi connectivity index (χ4n) is 1.58. The Balaban J connectivity index is 2.90. The van der Waals surface area contributed by atoms with Gasteiger partial charge in [0, 0.05) is 5.56 Å².